The molecule has 4 aliphatic rings. The van der Waals surface area contributed by atoms with Crippen molar-refractivity contribution in [3.63, 3.8) is 0 Å². The van der Waals surface area contributed by atoms with Crippen LogP contribution in [0.5, 0.6) is 0 Å². The normalized spacial score (nSPS) is 38.0. The molecule has 4 nitrogen and oxygen atoms in total. The third kappa shape index (κ3) is 2.78. The topological polar surface area (TPSA) is 78.2 Å². The molecule has 0 aromatic heterocycles. The Bertz CT molecular complexity index is 816. The quantitative estimate of drug-likeness (QED) is 0.725. The van der Waals surface area contributed by atoms with Gasteiger partial charge in [-0.1, -0.05) is 19.4 Å². The molecule has 5 atom stereocenters. The van der Waals surface area contributed by atoms with Crippen LogP contribution in [-0.2, 0) is 9.59 Å². The number of hydrogen-bond acceptors (Lipinski definition) is 3. The zero-order valence-electron chi connectivity index (χ0n) is 17.1. The number of nitriles is 1. The highest BCUT2D eigenvalue weighted by Crippen LogP contribution is 2.69. The zero-order chi connectivity index (χ0) is 20.1. The number of carboxylic acid groups (broad SMARTS) is 1. The maximum atomic E-state index is 11.8. The van der Waals surface area contributed by atoms with E-state index in [1.54, 1.807) is 12.5 Å². The molecule has 150 valence electrons. The molecule has 0 radical (unpaired) electrons. The van der Waals surface area contributed by atoms with Crippen LogP contribution in [0.1, 0.15) is 78.1 Å². The first-order chi connectivity index (χ1) is 13.3. The van der Waals surface area contributed by atoms with Crippen molar-refractivity contribution in [3.05, 3.63) is 22.8 Å². The van der Waals surface area contributed by atoms with Crippen LogP contribution < -0.4 is 0 Å². The van der Waals surface area contributed by atoms with E-state index in [1.165, 1.54) is 11.1 Å². The third-order valence-electron chi connectivity index (χ3n) is 8.80. The van der Waals surface area contributed by atoms with Crippen LogP contribution in [0.15, 0.2) is 22.8 Å². The number of ketones is 1. The van der Waals surface area contributed by atoms with Gasteiger partial charge < -0.3 is 5.11 Å². The van der Waals surface area contributed by atoms with Crippen molar-refractivity contribution in [2.75, 3.05) is 0 Å². The van der Waals surface area contributed by atoms with Gasteiger partial charge in [-0.25, -0.2) is 0 Å². The Labute approximate surface area is 167 Å². The van der Waals surface area contributed by atoms with E-state index >= 15 is 0 Å². The molecule has 4 rings (SSSR count). The minimum atomic E-state index is -0.748. The Morgan fingerprint density at radius 3 is 2.79 bits per heavy atom. The summed E-state index contributed by atoms with van der Waals surface area (Å²) in [6.07, 6.45) is 10.8. The van der Waals surface area contributed by atoms with E-state index in [4.69, 9.17) is 0 Å². The van der Waals surface area contributed by atoms with Gasteiger partial charge in [-0.2, -0.15) is 5.26 Å². The lowest BCUT2D eigenvalue weighted by atomic mass is 9.50. The first-order valence-corrected chi connectivity index (χ1v) is 10.9. The number of carbonyl (C=O) groups excluding carboxylic acids is 1. The third-order valence-corrected chi connectivity index (χ3v) is 8.80. The van der Waals surface area contributed by atoms with Crippen molar-refractivity contribution in [2.45, 2.75) is 78.1 Å². The smallest absolute Gasteiger partial charge is 0.306 e. The first kappa shape index (κ1) is 19.4. The Morgan fingerprint density at radius 1 is 1.29 bits per heavy atom. The van der Waals surface area contributed by atoms with Crippen LogP contribution in [-0.4, -0.2) is 16.9 Å². The number of aliphatic carboxylic acids is 1. The number of nitrogens with zero attached hydrogens (tertiary/aromatic N) is 1. The second-order valence-corrected chi connectivity index (χ2v) is 9.91. The van der Waals surface area contributed by atoms with Gasteiger partial charge in [0.2, 0.25) is 0 Å². The van der Waals surface area contributed by atoms with Gasteiger partial charge in [-0.15, -0.1) is 0 Å². The molecular formula is C24H31NO3. The average Bonchev–Trinajstić information content (AvgIpc) is 2.94. The van der Waals surface area contributed by atoms with Crippen LogP contribution in [0.3, 0.4) is 0 Å². The molecule has 0 aromatic rings. The number of carbonyl (C=O) groups is 2. The SMILES string of the molecule is CC(C[C@@]1(CC#N)CCC2C3CCC4=CC(=O)CCC4=C3CC[C@@]21C)C(=O)O. The van der Waals surface area contributed by atoms with Gasteiger partial charge in [0.05, 0.1) is 12.0 Å². The molecule has 0 heterocycles. The molecule has 3 unspecified atom stereocenters. The van der Waals surface area contributed by atoms with Crippen LogP contribution >= 0.6 is 0 Å². The van der Waals surface area contributed by atoms with Gasteiger partial charge in [0.1, 0.15) is 0 Å². The maximum absolute atomic E-state index is 11.8. The Balaban J connectivity index is 1.69. The van der Waals surface area contributed by atoms with E-state index in [2.05, 4.69) is 13.0 Å². The van der Waals surface area contributed by atoms with E-state index in [0.29, 0.717) is 31.1 Å². The molecule has 4 aliphatic carbocycles. The summed E-state index contributed by atoms with van der Waals surface area (Å²) in [6.45, 7) is 4.15. The van der Waals surface area contributed by atoms with Gasteiger partial charge in [0.25, 0.3) is 0 Å². The van der Waals surface area contributed by atoms with Crippen molar-refractivity contribution < 1.29 is 14.7 Å². The van der Waals surface area contributed by atoms with Crippen molar-refractivity contribution in [3.8, 4) is 6.07 Å². The fourth-order valence-corrected chi connectivity index (χ4v) is 7.28. The van der Waals surface area contributed by atoms with Crippen molar-refractivity contribution in [1.82, 2.24) is 0 Å². The van der Waals surface area contributed by atoms with Gasteiger partial charge >= 0.3 is 5.97 Å². The van der Waals surface area contributed by atoms with Gasteiger partial charge in [0, 0.05) is 12.8 Å². The van der Waals surface area contributed by atoms with Gasteiger partial charge in [0.15, 0.2) is 5.78 Å². The van der Waals surface area contributed by atoms with E-state index in [1.807, 2.05) is 6.08 Å². The molecule has 0 bridgehead atoms. The number of rotatable bonds is 4. The zero-order valence-corrected chi connectivity index (χ0v) is 17.1. The largest absolute Gasteiger partial charge is 0.481 e. The lowest BCUT2D eigenvalue weighted by Gasteiger charge is -2.54. The highest BCUT2D eigenvalue weighted by molar-refractivity contribution is 5.93. The van der Waals surface area contributed by atoms with Crippen molar-refractivity contribution in [1.29, 1.82) is 5.26 Å². The van der Waals surface area contributed by atoms with Gasteiger partial charge in [-0.05, 0) is 91.3 Å². The second kappa shape index (κ2) is 6.87. The average molecular weight is 382 g/mol. The summed E-state index contributed by atoms with van der Waals surface area (Å²) in [5.41, 5.74) is 4.19. The molecule has 2 fully saturated rings. The fourth-order valence-electron chi connectivity index (χ4n) is 7.28. The molecule has 0 aliphatic heterocycles. The maximum Gasteiger partial charge on any atom is 0.306 e. The molecule has 28 heavy (non-hydrogen) atoms. The predicted molar refractivity (Wildman–Crippen MR) is 106 cm³/mol. The molecule has 2 saturated carbocycles. The highest BCUT2D eigenvalue weighted by Gasteiger charge is 2.61. The lowest BCUT2D eigenvalue weighted by Crippen LogP contribution is -2.46. The molecule has 1 N–H and O–H groups in total. The summed E-state index contributed by atoms with van der Waals surface area (Å²) in [5, 5.41) is 19.1. The minimum absolute atomic E-state index is 0.0346. The molecular weight excluding hydrogens is 350 g/mol. The van der Waals surface area contributed by atoms with Crippen LogP contribution in [0.4, 0.5) is 0 Å². The minimum Gasteiger partial charge on any atom is -0.481 e. The fraction of sp³-hybridized carbons (Fsp3) is 0.708. The van der Waals surface area contributed by atoms with Gasteiger partial charge in [-0.3, -0.25) is 9.59 Å². The highest BCUT2D eigenvalue weighted by atomic mass is 16.4. The predicted octanol–water partition coefficient (Wildman–Crippen LogP) is 5.20. The van der Waals surface area contributed by atoms with Crippen LogP contribution in [0.2, 0.25) is 0 Å². The molecule has 0 saturated heterocycles. The van der Waals surface area contributed by atoms with Crippen LogP contribution in [0.25, 0.3) is 0 Å². The van der Waals surface area contributed by atoms with E-state index in [0.717, 1.165) is 44.9 Å². The van der Waals surface area contributed by atoms with E-state index in [-0.39, 0.29) is 16.6 Å². The summed E-state index contributed by atoms with van der Waals surface area (Å²) in [4.78, 5) is 23.4. The summed E-state index contributed by atoms with van der Waals surface area (Å²) in [7, 11) is 0. The molecule has 0 aromatic carbocycles. The number of carboxylic acids is 1. The Hall–Kier alpha value is -1.89. The lowest BCUT2D eigenvalue weighted by molar-refractivity contribution is -0.143. The summed E-state index contributed by atoms with van der Waals surface area (Å²) in [5.74, 6) is 0.211. The second-order valence-electron chi connectivity index (χ2n) is 9.91. The van der Waals surface area contributed by atoms with E-state index in [9.17, 15) is 20.0 Å². The Morgan fingerprint density at radius 2 is 2.07 bits per heavy atom. The standard InChI is InChI=1S/C24H31NO3/c1-15(22(27)28)14-24(11-12-25)10-8-21-20-5-3-16-13-17(26)4-6-18(16)19(20)7-9-23(21,24)2/h13,15,20-21H,3-11,14H2,1-2H3,(H,27,28)/t15?,20?,21?,23-,24-/m0/s1. The molecule has 4 heteroatoms. The number of fused-ring (bicyclic) bond motifs is 4. The Kier molecular flexibility index (Phi) is 4.76. The number of hydrogen-bond donors (Lipinski definition) is 1. The van der Waals surface area contributed by atoms with E-state index < -0.39 is 11.9 Å². The summed E-state index contributed by atoms with van der Waals surface area (Å²) < 4.78 is 0. The number of allylic oxidation sites excluding steroid dienone is 4. The monoisotopic (exact) mass is 381 g/mol. The summed E-state index contributed by atoms with van der Waals surface area (Å²) in [6, 6.07) is 2.42. The molecule has 0 spiro atoms. The van der Waals surface area contributed by atoms with Crippen LogP contribution in [0, 0.1) is 39.9 Å². The molecule has 0 amide bonds. The summed E-state index contributed by atoms with van der Waals surface area (Å²) >= 11 is 0. The first-order valence-electron chi connectivity index (χ1n) is 10.9. The van der Waals surface area contributed by atoms with Crippen molar-refractivity contribution >= 4 is 11.8 Å². The van der Waals surface area contributed by atoms with Crippen molar-refractivity contribution in [2.24, 2.45) is 28.6 Å².